The number of benzene rings is 1. The molecule has 0 fully saturated rings. The van der Waals surface area contributed by atoms with Crippen LogP contribution in [-0.4, -0.2) is 6.61 Å². The van der Waals surface area contributed by atoms with Crippen molar-refractivity contribution in [3.05, 3.63) is 77.9 Å². The van der Waals surface area contributed by atoms with Gasteiger partial charge in [0.05, 0.1) is 0 Å². The van der Waals surface area contributed by atoms with E-state index in [0.717, 1.165) is 16.9 Å². The number of ether oxygens (including phenoxy) is 1. The molecule has 0 aromatic heterocycles. The monoisotopic (exact) mass is 282 g/mol. The van der Waals surface area contributed by atoms with E-state index in [4.69, 9.17) is 4.74 Å². The van der Waals surface area contributed by atoms with Crippen molar-refractivity contribution in [1.29, 1.82) is 0 Å². The Morgan fingerprint density at radius 2 is 1.76 bits per heavy atom. The van der Waals surface area contributed by atoms with E-state index < -0.39 is 0 Å². The predicted molar refractivity (Wildman–Crippen MR) is 92.9 cm³/mol. The molecule has 0 atom stereocenters. The zero-order valence-electron chi connectivity index (χ0n) is 13.6. The third-order valence-corrected chi connectivity index (χ3v) is 3.35. The third-order valence-electron chi connectivity index (χ3n) is 3.35. The van der Waals surface area contributed by atoms with Crippen LogP contribution in [0.1, 0.15) is 39.2 Å². The van der Waals surface area contributed by atoms with Gasteiger partial charge in [-0.25, -0.2) is 0 Å². The number of hydrogen-bond acceptors (Lipinski definition) is 1. The summed E-state index contributed by atoms with van der Waals surface area (Å²) >= 11 is 0. The highest BCUT2D eigenvalue weighted by atomic mass is 16.5. The van der Waals surface area contributed by atoms with Gasteiger partial charge in [-0.3, -0.25) is 0 Å². The fourth-order valence-electron chi connectivity index (χ4n) is 2.12. The van der Waals surface area contributed by atoms with Crippen molar-refractivity contribution < 1.29 is 4.74 Å². The number of allylic oxidation sites excluding steroid dienone is 4. The molecule has 0 aliphatic rings. The van der Waals surface area contributed by atoms with Crippen molar-refractivity contribution >= 4 is 0 Å². The van der Waals surface area contributed by atoms with Gasteiger partial charge in [0.25, 0.3) is 0 Å². The summed E-state index contributed by atoms with van der Waals surface area (Å²) in [6.07, 6.45) is 5.63. The molecule has 0 heterocycles. The van der Waals surface area contributed by atoms with E-state index in [-0.39, 0.29) is 0 Å². The van der Waals surface area contributed by atoms with Crippen LogP contribution in [0.25, 0.3) is 0 Å². The van der Waals surface area contributed by atoms with Crippen LogP contribution < -0.4 is 4.74 Å². The van der Waals surface area contributed by atoms with Crippen LogP contribution in [0.15, 0.2) is 72.4 Å². The van der Waals surface area contributed by atoms with Crippen molar-refractivity contribution in [3.8, 4) is 5.75 Å². The molecule has 0 N–H and O–H groups in total. The molecule has 0 unspecified atom stereocenters. The van der Waals surface area contributed by atoms with E-state index in [2.05, 4.69) is 53.0 Å². The molecule has 0 spiro atoms. The Labute approximate surface area is 129 Å². The molecule has 0 amide bonds. The summed E-state index contributed by atoms with van der Waals surface area (Å²) in [6, 6.07) is 8.28. The lowest BCUT2D eigenvalue weighted by Gasteiger charge is -2.13. The summed E-state index contributed by atoms with van der Waals surface area (Å²) in [5.41, 5.74) is 4.75. The van der Waals surface area contributed by atoms with Crippen LogP contribution in [0.5, 0.6) is 5.75 Å². The fourth-order valence-corrected chi connectivity index (χ4v) is 2.12. The van der Waals surface area contributed by atoms with Crippen LogP contribution in [-0.2, 0) is 0 Å². The molecule has 1 aromatic carbocycles. The number of hydrogen-bond donors (Lipinski definition) is 0. The minimum Gasteiger partial charge on any atom is -0.489 e. The Balaban J connectivity index is 2.83. The van der Waals surface area contributed by atoms with Gasteiger partial charge in [-0.05, 0) is 48.6 Å². The second-order valence-corrected chi connectivity index (χ2v) is 5.56. The van der Waals surface area contributed by atoms with Gasteiger partial charge in [0, 0.05) is 0 Å². The first-order valence-corrected chi connectivity index (χ1v) is 7.34. The van der Waals surface area contributed by atoms with E-state index in [0.29, 0.717) is 12.5 Å². The van der Waals surface area contributed by atoms with Crippen LogP contribution in [0.4, 0.5) is 0 Å². The van der Waals surface area contributed by atoms with Crippen molar-refractivity contribution in [2.45, 2.75) is 33.6 Å². The zero-order valence-corrected chi connectivity index (χ0v) is 13.6. The standard InChI is InChI=1S/C20H26O/c1-7-9-18(20(8-2)16(5)6)14-21-19-12-10-17(11-13-19)15(3)4/h7-13,15H,1-2,14H2,3-6H3/b18-9-. The molecule has 0 saturated heterocycles. The first-order valence-electron chi connectivity index (χ1n) is 7.34. The van der Waals surface area contributed by atoms with Gasteiger partial charge in [-0.1, -0.05) is 62.9 Å². The van der Waals surface area contributed by atoms with E-state index >= 15 is 0 Å². The van der Waals surface area contributed by atoms with Gasteiger partial charge in [0.15, 0.2) is 0 Å². The lowest BCUT2D eigenvalue weighted by Crippen LogP contribution is -2.04. The van der Waals surface area contributed by atoms with E-state index in [1.165, 1.54) is 11.1 Å². The van der Waals surface area contributed by atoms with Crippen molar-refractivity contribution in [2.24, 2.45) is 0 Å². The second kappa shape index (κ2) is 8.31. The average molecular weight is 282 g/mol. The summed E-state index contributed by atoms with van der Waals surface area (Å²) in [7, 11) is 0. The maximum Gasteiger partial charge on any atom is 0.119 e. The highest BCUT2D eigenvalue weighted by Crippen LogP contribution is 2.21. The summed E-state index contributed by atoms with van der Waals surface area (Å²) in [6.45, 7) is 16.7. The minimum absolute atomic E-state index is 0.513. The normalized spacial score (nSPS) is 11.2. The zero-order chi connectivity index (χ0) is 15.8. The Morgan fingerprint density at radius 1 is 1.14 bits per heavy atom. The quantitative estimate of drug-likeness (QED) is 0.572. The Kier molecular flexibility index (Phi) is 6.74. The largest absolute Gasteiger partial charge is 0.489 e. The van der Waals surface area contributed by atoms with E-state index in [9.17, 15) is 0 Å². The third kappa shape index (κ3) is 5.11. The number of rotatable bonds is 7. The summed E-state index contributed by atoms with van der Waals surface area (Å²) < 4.78 is 5.89. The first kappa shape index (κ1) is 17.0. The molecule has 0 radical (unpaired) electrons. The van der Waals surface area contributed by atoms with Crippen molar-refractivity contribution in [2.75, 3.05) is 6.61 Å². The SMILES string of the molecule is C=C/C=C(/COc1ccc(C(C)C)cc1)C(C=C)=C(C)C. The molecular formula is C20H26O. The van der Waals surface area contributed by atoms with E-state index in [1.54, 1.807) is 6.08 Å². The van der Waals surface area contributed by atoms with Gasteiger partial charge in [0.2, 0.25) is 0 Å². The maximum absolute atomic E-state index is 5.89. The molecule has 0 bridgehead atoms. The van der Waals surface area contributed by atoms with Crippen LogP contribution in [0.3, 0.4) is 0 Å². The van der Waals surface area contributed by atoms with E-state index in [1.807, 2.05) is 24.3 Å². The van der Waals surface area contributed by atoms with Gasteiger partial charge in [-0.15, -0.1) is 0 Å². The van der Waals surface area contributed by atoms with Gasteiger partial charge in [0.1, 0.15) is 12.4 Å². The Bertz CT molecular complexity index is 538. The fraction of sp³-hybridized carbons (Fsp3) is 0.300. The van der Waals surface area contributed by atoms with Crippen LogP contribution in [0, 0.1) is 0 Å². The molecular weight excluding hydrogens is 256 g/mol. The average Bonchev–Trinajstić information content (AvgIpc) is 2.45. The lowest BCUT2D eigenvalue weighted by atomic mass is 10.0. The summed E-state index contributed by atoms with van der Waals surface area (Å²) in [4.78, 5) is 0. The molecule has 0 aliphatic heterocycles. The van der Waals surface area contributed by atoms with Gasteiger partial charge in [-0.2, -0.15) is 0 Å². The molecule has 112 valence electrons. The minimum atomic E-state index is 0.513. The first-order chi connectivity index (χ1) is 9.99. The van der Waals surface area contributed by atoms with Crippen molar-refractivity contribution in [1.82, 2.24) is 0 Å². The molecule has 21 heavy (non-hydrogen) atoms. The van der Waals surface area contributed by atoms with Gasteiger partial charge >= 0.3 is 0 Å². The highest BCUT2D eigenvalue weighted by Gasteiger charge is 2.05. The van der Waals surface area contributed by atoms with Crippen LogP contribution in [0.2, 0.25) is 0 Å². The van der Waals surface area contributed by atoms with Gasteiger partial charge < -0.3 is 4.74 Å². The molecule has 1 aromatic rings. The molecule has 1 heteroatoms. The summed E-state index contributed by atoms with van der Waals surface area (Å²) in [5.74, 6) is 1.42. The predicted octanol–water partition coefficient (Wildman–Crippen LogP) is 5.82. The lowest BCUT2D eigenvalue weighted by molar-refractivity contribution is 0.354. The maximum atomic E-state index is 5.89. The Hall–Kier alpha value is -2.02. The van der Waals surface area contributed by atoms with Crippen molar-refractivity contribution in [3.63, 3.8) is 0 Å². The molecule has 1 nitrogen and oxygen atoms in total. The molecule has 0 aliphatic carbocycles. The summed E-state index contributed by atoms with van der Waals surface area (Å²) in [5, 5.41) is 0. The topological polar surface area (TPSA) is 9.23 Å². The molecule has 1 rings (SSSR count). The van der Waals surface area contributed by atoms with Crippen LogP contribution >= 0.6 is 0 Å². The molecule has 0 saturated carbocycles. The highest BCUT2D eigenvalue weighted by molar-refractivity contribution is 5.44. The smallest absolute Gasteiger partial charge is 0.119 e. The Morgan fingerprint density at radius 3 is 2.19 bits per heavy atom. The second-order valence-electron chi connectivity index (χ2n) is 5.56.